The smallest absolute Gasteiger partial charge is 0.166 e. The Balaban J connectivity index is 2.68. The van der Waals surface area contributed by atoms with E-state index < -0.39 is 0 Å². The maximum Gasteiger partial charge on any atom is 0.166 e. The number of rotatable bonds is 2. The fourth-order valence-electron chi connectivity index (χ4n) is 1.35. The molecule has 0 unspecified atom stereocenters. The van der Waals surface area contributed by atoms with Crippen molar-refractivity contribution in [2.45, 2.75) is 6.92 Å². The number of hydrogen-bond acceptors (Lipinski definition) is 4. The van der Waals surface area contributed by atoms with Gasteiger partial charge in [-0.2, -0.15) is 0 Å². The highest BCUT2D eigenvalue weighted by atomic mass is 32.1. The van der Waals surface area contributed by atoms with Crippen LogP contribution in [0.15, 0.2) is 17.5 Å². The summed E-state index contributed by atoms with van der Waals surface area (Å²) in [5.41, 5.74) is 0. The molecule has 2 rings (SSSR count). The van der Waals surface area contributed by atoms with E-state index in [-0.39, 0.29) is 11.5 Å². The van der Waals surface area contributed by atoms with E-state index in [9.17, 15) is 10.2 Å². The van der Waals surface area contributed by atoms with Crippen LogP contribution in [0.25, 0.3) is 10.1 Å². The Morgan fingerprint density at radius 3 is 2.93 bits per heavy atom. The molecule has 1 aromatic heterocycles. The maximum absolute atomic E-state index is 9.76. The van der Waals surface area contributed by atoms with Crippen molar-refractivity contribution >= 4 is 21.4 Å². The van der Waals surface area contributed by atoms with E-state index in [1.54, 1.807) is 6.07 Å². The third-order valence-corrected chi connectivity index (χ3v) is 2.89. The number of phenols is 2. The van der Waals surface area contributed by atoms with E-state index in [1.165, 1.54) is 17.4 Å². The molecule has 74 valence electrons. The van der Waals surface area contributed by atoms with Gasteiger partial charge in [-0.3, -0.25) is 0 Å². The average molecular weight is 210 g/mol. The van der Waals surface area contributed by atoms with Gasteiger partial charge < -0.3 is 14.9 Å². The Bertz CT molecular complexity index is 462. The molecule has 0 saturated heterocycles. The fraction of sp³-hybridized carbons (Fsp3) is 0.200. The minimum absolute atomic E-state index is 0.0981. The SMILES string of the molecule is CCOc1cc(O)c2sccc2c1O. The third-order valence-electron chi connectivity index (χ3n) is 1.95. The fourth-order valence-corrected chi connectivity index (χ4v) is 2.16. The molecule has 0 aliphatic heterocycles. The first-order valence-corrected chi connectivity index (χ1v) is 5.17. The summed E-state index contributed by atoms with van der Waals surface area (Å²) < 4.78 is 5.88. The number of phenolic OH excluding ortho intramolecular Hbond substituents is 2. The molecule has 0 bridgehead atoms. The van der Waals surface area contributed by atoms with Crippen molar-refractivity contribution in [3.8, 4) is 17.2 Å². The lowest BCUT2D eigenvalue weighted by Crippen LogP contribution is -1.91. The summed E-state index contributed by atoms with van der Waals surface area (Å²) in [5.74, 6) is 0.577. The van der Waals surface area contributed by atoms with Gasteiger partial charge in [-0.25, -0.2) is 0 Å². The van der Waals surface area contributed by atoms with Crippen molar-refractivity contribution in [2.24, 2.45) is 0 Å². The lowest BCUT2D eigenvalue weighted by molar-refractivity contribution is 0.318. The van der Waals surface area contributed by atoms with Gasteiger partial charge in [0.2, 0.25) is 0 Å². The van der Waals surface area contributed by atoms with Crippen LogP contribution in [0.5, 0.6) is 17.2 Å². The summed E-state index contributed by atoms with van der Waals surface area (Å²) in [7, 11) is 0. The Labute approximate surface area is 85.2 Å². The van der Waals surface area contributed by atoms with Gasteiger partial charge in [0.25, 0.3) is 0 Å². The second-order valence-corrected chi connectivity index (χ2v) is 3.75. The van der Waals surface area contributed by atoms with Gasteiger partial charge >= 0.3 is 0 Å². The van der Waals surface area contributed by atoms with Crippen LogP contribution in [-0.4, -0.2) is 16.8 Å². The van der Waals surface area contributed by atoms with Crippen molar-refractivity contribution in [2.75, 3.05) is 6.61 Å². The first kappa shape index (κ1) is 9.15. The highest BCUT2D eigenvalue weighted by Crippen LogP contribution is 2.42. The first-order valence-electron chi connectivity index (χ1n) is 4.29. The van der Waals surface area contributed by atoms with Gasteiger partial charge in [-0.1, -0.05) is 0 Å². The quantitative estimate of drug-likeness (QED) is 0.749. The Kier molecular flexibility index (Phi) is 2.21. The average Bonchev–Trinajstić information content (AvgIpc) is 2.63. The minimum Gasteiger partial charge on any atom is -0.506 e. The Morgan fingerprint density at radius 2 is 2.21 bits per heavy atom. The summed E-state index contributed by atoms with van der Waals surface area (Å²) >= 11 is 1.39. The molecule has 3 nitrogen and oxygen atoms in total. The number of aromatic hydroxyl groups is 2. The van der Waals surface area contributed by atoms with E-state index in [0.29, 0.717) is 22.4 Å². The van der Waals surface area contributed by atoms with Crippen LogP contribution in [0.1, 0.15) is 6.92 Å². The van der Waals surface area contributed by atoms with Crippen molar-refractivity contribution in [3.05, 3.63) is 17.5 Å². The predicted molar refractivity (Wildman–Crippen MR) is 56.3 cm³/mol. The van der Waals surface area contributed by atoms with Crippen LogP contribution in [-0.2, 0) is 0 Å². The zero-order valence-corrected chi connectivity index (χ0v) is 8.47. The van der Waals surface area contributed by atoms with Crippen LogP contribution < -0.4 is 4.74 Å². The van der Waals surface area contributed by atoms with Gasteiger partial charge in [0.05, 0.1) is 11.3 Å². The molecule has 2 N–H and O–H groups in total. The molecule has 4 heteroatoms. The topological polar surface area (TPSA) is 49.7 Å². The second kappa shape index (κ2) is 3.38. The molecule has 0 aliphatic rings. The normalized spacial score (nSPS) is 10.6. The first-order chi connectivity index (χ1) is 6.74. The molecule has 0 aliphatic carbocycles. The number of fused-ring (bicyclic) bond motifs is 1. The van der Waals surface area contributed by atoms with Gasteiger partial charge in [0.15, 0.2) is 11.5 Å². The number of hydrogen-bond donors (Lipinski definition) is 2. The summed E-state index contributed by atoms with van der Waals surface area (Å²) in [6.45, 7) is 2.29. The monoisotopic (exact) mass is 210 g/mol. The predicted octanol–water partition coefficient (Wildman–Crippen LogP) is 2.71. The van der Waals surface area contributed by atoms with Gasteiger partial charge in [0, 0.05) is 11.5 Å². The molecule has 2 aromatic rings. The third kappa shape index (κ3) is 1.28. The largest absolute Gasteiger partial charge is 0.506 e. The molecular weight excluding hydrogens is 200 g/mol. The Hall–Kier alpha value is -1.42. The summed E-state index contributed by atoms with van der Waals surface area (Å²) in [6.07, 6.45) is 0. The van der Waals surface area contributed by atoms with Crippen LogP contribution >= 0.6 is 11.3 Å². The van der Waals surface area contributed by atoms with E-state index in [1.807, 2.05) is 12.3 Å². The molecule has 0 radical (unpaired) electrons. The van der Waals surface area contributed by atoms with Crippen LogP contribution in [0.2, 0.25) is 0 Å². The van der Waals surface area contributed by atoms with E-state index in [0.717, 1.165) is 0 Å². The van der Waals surface area contributed by atoms with Gasteiger partial charge in [0.1, 0.15) is 5.75 Å². The zero-order valence-electron chi connectivity index (χ0n) is 7.65. The van der Waals surface area contributed by atoms with Crippen LogP contribution in [0, 0.1) is 0 Å². The summed E-state index contributed by atoms with van der Waals surface area (Å²) in [5, 5.41) is 21.8. The van der Waals surface area contributed by atoms with Crippen molar-refractivity contribution in [1.82, 2.24) is 0 Å². The van der Waals surface area contributed by atoms with E-state index in [2.05, 4.69) is 0 Å². The molecule has 0 saturated carbocycles. The number of benzene rings is 1. The molecule has 0 spiro atoms. The highest BCUT2D eigenvalue weighted by molar-refractivity contribution is 7.17. The van der Waals surface area contributed by atoms with Crippen molar-refractivity contribution in [1.29, 1.82) is 0 Å². The summed E-state index contributed by atoms with van der Waals surface area (Å²) in [4.78, 5) is 0. The Morgan fingerprint density at radius 1 is 1.43 bits per heavy atom. The molecule has 1 aromatic carbocycles. The lowest BCUT2D eigenvalue weighted by Gasteiger charge is -2.07. The van der Waals surface area contributed by atoms with Gasteiger partial charge in [-0.05, 0) is 18.4 Å². The highest BCUT2D eigenvalue weighted by Gasteiger charge is 2.12. The van der Waals surface area contributed by atoms with Crippen LogP contribution in [0.4, 0.5) is 0 Å². The minimum atomic E-state index is 0.0981. The van der Waals surface area contributed by atoms with Gasteiger partial charge in [-0.15, -0.1) is 11.3 Å². The second-order valence-electron chi connectivity index (χ2n) is 2.84. The maximum atomic E-state index is 9.76. The summed E-state index contributed by atoms with van der Waals surface area (Å²) in [6, 6.07) is 3.20. The molecular formula is C10H10O3S. The standard InChI is InChI=1S/C10H10O3S/c1-2-13-8-5-7(11)10-6(9(8)12)3-4-14-10/h3-5,11-12H,2H2,1H3. The van der Waals surface area contributed by atoms with Crippen molar-refractivity contribution in [3.63, 3.8) is 0 Å². The number of thiophene rings is 1. The lowest BCUT2D eigenvalue weighted by atomic mass is 10.2. The molecule has 0 fully saturated rings. The molecule has 1 heterocycles. The number of ether oxygens (including phenoxy) is 1. The molecule has 0 atom stereocenters. The molecule has 14 heavy (non-hydrogen) atoms. The zero-order chi connectivity index (χ0) is 10.1. The van der Waals surface area contributed by atoms with E-state index >= 15 is 0 Å². The van der Waals surface area contributed by atoms with Crippen molar-refractivity contribution < 1.29 is 14.9 Å². The van der Waals surface area contributed by atoms with E-state index in [4.69, 9.17) is 4.74 Å². The van der Waals surface area contributed by atoms with Crippen LogP contribution in [0.3, 0.4) is 0 Å². The molecule has 0 amide bonds.